The van der Waals surface area contributed by atoms with E-state index in [1.165, 1.54) is 0 Å². The van der Waals surface area contributed by atoms with Gasteiger partial charge in [0.1, 0.15) is 5.78 Å². The van der Waals surface area contributed by atoms with E-state index in [4.69, 9.17) is 0 Å². The van der Waals surface area contributed by atoms with Gasteiger partial charge in [-0.05, 0) is 19.3 Å². The Labute approximate surface area is 103 Å². The van der Waals surface area contributed by atoms with Crippen LogP contribution in [0.5, 0.6) is 0 Å². The van der Waals surface area contributed by atoms with E-state index >= 15 is 0 Å². The second kappa shape index (κ2) is 5.63. The van der Waals surface area contributed by atoms with Gasteiger partial charge in [0.2, 0.25) is 5.91 Å². The van der Waals surface area contributed by atoms with Crippen LogP contribution in [0.25, 0.3) is 0 Å². The van der Waals surface area contributed by atoms with Crippen molar-refractivity contribution < 1.29 is 9.59 Å². The molecule has 1 aliphatic heterocycles. The average Bonchev–Trinajstić information content (AvgIpc) is 2.60. The zero-order chi connectivity index (χ0) is 12.3. The number of likely N-dealkylation sites (N-methyl/N-ethyl adjacent to an activating group) is 1. The van der Waals surface area contributed by atoms with E-state index in [0.29, 0.717) is 18.7 Å². The molecule has 1 heterocycles. The molecular weight excluding hydrogens is 216 g/mol. The molecule has 0 spiro atoms. The smallest absolute Gasteiger partial charge is 0.236 e. The number of nitrogens with zero attached hydrogens (tertiary/aromatic N) is 2. The minimum Gasteiger partial charge on any atom is -0.345 e. The fraction of sp³-hybridized carbons (Fsp3) is 0.846. The normalized spacial score (nSPS) is 29.0. The van der Waals surface area contributed by atoms with Crippen molar-refractivity contribution in [3.8, 4) is 0 Å². The molecule has 1 saturated carbocycles. The molecule has 0 aromatic rings. The quantitative estimate of drug-likeness (QED) is 0.641. The molecule has 1 unspecified atom stereocenters. The van der Waals surface area contributed by atoms with Gasteiger partial charge in [0.25, 0.3) is 0 Å². The van der Waals surface area contributed by atoms with E-state index in [1.807, 2.05) is 7.05 Å². The summed E-state index contributed by atoms with van der Waals surface area (Å²) in [4.78, 5) is 27.8. The zero-order valence-electron chi connectivity index (χ0n) is 10.7. The van der Waals surface area contributed by atoms with Gasteiger partial charge in [-0.3, -0.25) is 14.5 Å². The maximum atomic E-state index is 12.0. The predicted molar refractivity (Wildman–Crippen MR) is 65.7 cm³/mol. The molecule has 0 N–H and O–H groups in total. The van der Waals surface area contributed by atoms with E-state index in [-0.39, 0.29) is 11.9 Å². The third-order valence-electron chi connectivity index (χ3n) is 3.92. The van der Waals surface area contributed by atoms with E-state index < -0.39 is 0 Å². The highest BCUT2D eigenvalue weighted by molar-refractivity contribution is 5.85. The molecule has 17 heavy (non-hydrogen) atoms. The summed E-state index contributed by atoms with van der Waals surface area (Å²) < 4.78 is 0. The first-order chi connectivity index (χ1) is 8.18. The lowest BCUT2D eigenvalue weighted by Crippen LogP contribution is -2.44. The highest BCUT2D eigenvalue weighted by atomic mass is 16.2. The Morgan fingerprint density at radius 2 is 1.88 bits per heavy atom. The van der Waals surface area contributed by atoms with Gasteiger partial charge < -0.3 is 4.90 Å². The summed E-state index contributed by atoms with van der Waals surface area (Å²) in [5.74, 6) is 0.499. The lowest BCUT2D eigenvalue weighted by atomic mass is 10.1. The van der Waals surface area contributed by atoms with Crippen LogP contribution in [0.15, 0.2) is 0 Å². The summed E-state index contributed by atoms with van der Waals surface area (Å²) in [6.45, 7) is 2.12. The molecule has 0 bridgehead atoms. The summed E-state index contributed by atoms with van der Waals surface area (Å²) in [6.07, 6.45) is 5.92. The van der Waals surface area contributed by atoms with Crippen LogP contribution in [0.4, 0.5) is 0 Å². The Bertz CT molecular complexity index is 304. The minimum atomic E-state index is 0.00736. The highest BCUT2D eigenvalue weighted by Crippen LogP contribution is 2.20. The Morgan fingerprint density at radius 1 is 1.06 bits per heavy atom. The predicted octanol–water partition coefficient (Wildman–Crippen LogP) is 1.05. The first kappa shape index (κ1) is 12.6. The summed E-state index contributed by atoms with van der Waals surface area (Å²) in [6, 6.07) is 0.00736. The lowest BCUT2D eigenvalue weighted by Gasteiger charge is -2.27. The van der Waals surface area contributed by atoms with Gasteiger partial charge in [-0.15, -0.1) is 0 Å². The number of amides is 1. The highest BCUT2D eigenvalue weighted by Gasteiger charge is 2.30. The van der Waals surface area contributed by atoms with Gasteiger partial charge in [-0.1, -0.05) is 12.8 Å². The maximum Gasteiger partial charge on any atom is 0.236 e. The van der Waals surface area contributed by atoms with E-state index in [1.54, 1.807) is 4.90 Å². The Hall–Kier alpha value is -0.900. The summed E-state index contributed by atoms with van der Waals surface area (Å²) >= 11 is 0. The number of rotatable bonds is 1. The minimum absolute atomic E-state index is 0.00736. The molecule has 2 fully saturated rings. The average molecular weight is 238 g/mol. The van der Waals surface area contributed by atoms with Crippen LogP contribution >= 0.6 is 0 Å². The Morgan fingerprint density at radius 3 is 2.71 bits per heavy atom. The van der Waals surface area contributed by atoms with Gasteiger partial charge in [-0.2, -0.15) is 0 Å². The lowest BCUT2D eigenvalue weighted by molar-refractivity contribution is -0.131. The van der Waals surface area contributed by atoms with Crippen LogP contribution in [-0.4, -0.2) is 54.2 Å². The van der Waals surface area contributed by atoms with E-state index in [0.717, 1.165) is 45.2 Å². The molecule has 4 nitrogen and oxygen atoms in total. The fourth-order valence-corrected chi connectivity index (χ4v) is 2.80. The largest absolute Gasteiger partial charge is 0.345 e. The number of hydrogen-bond donors (Lipinski definition) is 0. The van der Waals surface area contributed by atoms with Gasteiger partial charge in [0.05, 0.1) is 12.6 Å². The molecule has 2 rings (SSSR count). The van der Waals surface area contributed by atoms with Crippen molar-refractivity contribution in [3.63, 3.8) is 0 Å². The van der Waals surface area contributed by atoms with Crippen molar-refractivity contribution in [2.45, 2.75) is 44.6 Å². The van der Waals surface area contributed by atoms with Crippen LogP contribution in [-0.2, 0) is 9.59 Å². The standard InChI is InChI=1S/C13H22N2O2/c1-14-8-5-9-15(10-13(14)17)11-6-3-2-4-7-12(11)16/h11H,2-10H2,1H3. The molecule has 2 aliphatic rings. The van der Waals surface area contributed by atoms with Gasteiger partial charge in [-0.25, -0.2) is 0 Å². The molecule has 4 heteroatoms. The number of carbonyl (C=O) groups is 2. The van der Waals surface area contributed by atoms with Gasteiger partial charge >= 0.3 is 0 Å². The Balaban J connectivity index is 2.04. The summed E-state index contributed by atoms with van der Waals surface area (Å²) in [7, 11) is 1.85. The summed E-state index contributed by atoms with van der Waals surface area (Å²) in [5.41, 5.74) is 0. The maximum absolute atomic E-state index is 12.0. The van der Waals surface area contributed by atoms with Crippen LogP contribution in [0.3, 0.4) is 0 Å². The molecule has 96 valence electrons. The molecule has 1 aliphatic carbocycles. The molecule has 0 radical (unpaired) electrons. The van der Waals surface area contributed by atoms with E-state index in [2.05, 4.69) is 4.90 Å². The molecular formula is C13H22N2O2. The van der Waals surface area contributed by atoms with E-state index in [9.17, 15) is 9.59 Å². The van der Waals surface area contributed by atoms with Crippen molar-refractivity contribution in [2.24, 2.45) is 0 Å². The Kier molecular flexibility index (Phi) is 4.15. The number of carbonyl (C=O) groups excluding carboxylic acids is 2. The second-order valence-electron chi connectivity index (χ2n) is 5.22. The first-order valence-corrected chi connectivity index (χ1v) is 6.69. The summed E-state index contributed by atoms with van der Waals surface area (Å²) in [5, 5.41) is 0. The molecule has 1 atom stereocenters. The molecule has 1 saturated heterocycles. The molecule has 0 aromatic heterocycles. The molecule has 1 amide bonds. The van der Waals surface area contributed by atoms with Gasteiger partial charge in [0.15, 0.2) is 0 Å². The monoisotopic (exact) mass is 238 g/mol. The van der Waals surface area contributed by atoms with Crippen molar-refractivity contribution in [2.75, 3.05) is 26.7 Å². The van der Waals surface area contributed by atoms with Crippen molar-refractivity contribution >= 4 is 11.7 Å². The number of ketones is 1. The third-order valence-corrected chi connectivity index (χ3v) is 3.92. The number of Topliss-reactive ketones (excluding diaryl/α,β-unsaturated/α-hetero) is 1. The van der Waals surface area contributed by atoms with Gasteiger partial charge in [0, 0.05) is 26.6 Å². The van der Waals surface area contributed by atoms with Crippen LogP contribution in [0.2, 0.25) is 0 Å². The van der Waals surface area contributed by atoms with Crippen LogP contribution < -0.4 is 0 Å². The van der Waals surface area contributed by atoms with Crippen LogP contribution in [0, 0.1) is 0 Å². The van der Waals surface area contributed by atoms with Crippen molar-refractivity contribution in [1.29, 1.82) is 0 Å². The topological polar surface area (TPSA) is 40.6 Å². The SMILES string of the molecule is CN1CCCN(C2CCCCCC2=O)CC1=O. The first-order valence-electron chi connectivity index (χ1n) is 6.69. The third kappa shape index (κ3) is 3.06. The van der Waals surface area contributed by atoms with Crippen LogP contribution in [0.1, 0.15) is 38.5 Å². The zero-order valence-corrected chi connectivity index (χ0v) is 10.7. The number of hydrogen-bond acceptors (Lipinski definition) is 3. The second-order valence-corrected chi connectivity index (χ2v) is 5.22. The fourth-order valence-electron chi connectivity index (χ4n) is 2.80. The van der Waals surface area contributed by atoms with Crippen molar-refractivity contribution in [3.05, 3.63) is 0 Å². The molecule has 0 aromatic carbocycles. The van der Waals surface area contributed by atoms with Crippen molar-refractivity contribution in [1.82, 2.24) is 9.80 Å².